The molecule has 1 amide bonds. The lowest BCUT2D eigenvalue weighted by molar-refractivity contribution is 0.0951. The number of rotatable bonds is 8. The minimum absolute atomic E-state index is 0.162. The Bertz CT molecular complexity index is 1110. The molecule has 3 aromatic rings. The van der Waals surface area contributed by atoms with Crippen molar-refractivity contribution in [2.75, 3.05) is 11.3 Å². The van der Waals surface area contributed by atoms with E-state index >= 15 is 0 Å². The maximum atomic E-state index is 12.6. The van der Waals surface area contributed by atoms with E-state index in [-0.39, 0.29) is 10.8 Å². The fraction of sp³-hybridized carbons (Fsp3) is 0.174. The summed E-state index contributed by atoms with van der Waals surface area (Å²) in [6.45, 7) is 4.65. The molecular weight excluding hydrogens is 400 g/mol. The molecule has 0 spiro atoms. The van der Waals surface area contributed by atoms with Crippen LogP contribution in [0.2, 0.25) is 0 Å². The number of aryl methyl sites for hydroxylation is 1. The Balaban J connectivity index is 1.70. The van der Waals surface area contributed by atoms with Crippen molar-refractivity contribution >= 4 is 21.6 Å². The summed E-state index contributed by atoms with van der Waals surface area (Å²) in [4.78, 5) is 12.7. The second-order valence-electron chi connectivity index (χ2n) is 6.71. The van der Waals surface area contributed by atoms with Crippen LogP contribution < -0.4 is 14.8 Å². The number of amides is 1. The van der Waals surface area contributed by atoms with E-state index < -0.39 is 10.0 Å². The normalized spacial score (nSPS) is 11.0. The summed E-state index contributed by atoms with van der Waals surface area (Å²) in [7, 11) is -3.74. The smallest absolute Gasteiger partial charge is 0.261 e. The van der Waals surface area contributed by atoms with Crippen LogP contribution in [0.5, 0.6) is 5.75 Å². The summed E-state index contributed by atoms with van der Waals surface area (Å²) in [5.41, 5.74) is 2.39. The molecule has 0 aromatic heterocycles. The summed E-state index contributed by atoms with van der Waals surface area (Å²) in [5.74, 6) is 0.491. The second-order valence-corrected chi connectivity index (χ2v) is 8.39. The number of hydrogen-bond acceptors (Lipinski definition) is 4. The molecule has 0 heterocycles. The molecule has 0 fully saturated rings. The molecule has 30 heavy (non-hydrogen) atoms. The molecule has 0 radical (unpaired) electrons. The first-order valence-corrected chi connectivity index (χ1v) is 11.1. The molecule has 156 valence electrons. The molecule has 6 nitrogen and oxygen atoms in total. The Morgan fingerprint density at radius 3 is 2.33 bits per heavy atom. The van der Waals surface area contributed by atoms with Gasteiger partial charge in [-0.1, -0.05) is 36.4 Å². The van der Waals surface area contributed by atoms with Crippen molar-refractivity contribution in [1.82, 2.24) is 5.32 Å². The monoisotopic (exact) mass is 424 g/mol. The minimum atomic E-state index is -3.74. The number of nitrogens with one attached hydrogen (secondary N) is 2. The molecule has 3 rings (SSSR count). The number of anilines is 1. The van der Waals surface area contributed by atoms with Gasteiger partial charge in [0.05, 0.1) is 17.2 Å². The van der Waals surface area contributed by atoms with Crippen LogP contribution in [-0.4, -0.2) is 20.9 Å². The number of carbonyl (C=O) groups excluding carboxylic acids is 1. The molecule has 7 heteroatoms. The lowest BCUT2D eigenvalue weighted by Crippen LogP contribution is -2.23. The molecule has 0 aliphatic heterocycles. The molecule has 0 saturated heterocycles. The molecule has 0 aliphatic carbocycles. The van der Waals surface area contributed by atoms with Crippen molar-refractivity contribution in [3.63, 3.8) is 0 Å². The van der Waals surface area contributed by atoms with E-state index in [0.29, 0.717) is 24.4 Å². The first-order chi connectivity index (χ1) is 14.4. The highest BCUT2D eigenvalue weighted by Crippen LogP contribution is 2.21. The zero-order chi connectivity index (χ0) is 21.6. The summed E-state index contributed by atoms with van der Waals surface area (Å²) in [6.07, 6.45) is 0. The summed E-state index contributed by atoms with van der Waals surface area (Å²) < 4.78 is 33.2. The van der Waals surface area contributed by atoms with Crippen molar-refractivity contribution in [2.45, 2.75) is 25.3 Å². The molecule has 2 N–H and O–H groups in total. The van der Waals surface area contributed by atoms with Gasteiger partial charge in [0.1, 0.15) is 5.75 Å². The van der Waals surface area contributed by atoms with Gasteiger partial charge < -0.3 is 10.1 Å². The summed E-state index contributed by atoms with van der Waals surface area (Å²) in [5, 5.41) is 2.85. The van der Waals surface area contributed by atoms with Gasteiger partial charge in [-0.05, 0) is 61.4 Å². The van der Waals surface area contributed by atoms with Crippen LogP contribution in [0.25, 0.3) is 0 Å². The van der Waals surface area contributed by atoms with E-state index in [1.807, 2.05) is 31.2 Å². The highest BCUT2D eigenvalue weighted by atomic mass is 32.2. The highest BCUT2D eigenvalue weighted by molar-refractivity contribution is 7.92. The number of hydrogen-bond donors (Lipinski definition) is 2. The van der Waals surface area contributed by atoms with Gasteiger partial charge in [0.2, 0.25) is 0 Å². The van der Waals surface area contributed by atoms with Crippen LogP contribution in [-0.2, 0) is 16.6 Å². The van der Waals surface area contributed by atoms with Crippen molar-refractivity contribution in [1.29, 1.82) is 0 Å². The van der Waals surface area contributed by atoms with Crippen molar-refractivity contribution in [3.8, 4) is 5.75 Å². The molecule has 3 aromatic carbocycles. The maximum Gasteiger partial charge on any atom is 0.261 e. The first kappa shape index (κ1) is 21.4. The van der Waals surface area contributed by atoms with Gasteiger partial charge in [0.25, 0.3) is 15.9 Å². The molecule has 0 atom stereocenters. The van der Waals surface area contributed by atoms with Crippen molar-refractivity contribution < 1.29 is 17.9 Å². The molecule has 0 saturated carbocycles. The van der Waals surface area contributed by atoms with E-state index in [2.05, 4.69) is 10.0 Å². The first-order valence-electron chi connectivity index (χ1n) is 9.57. The van der Waals surface area contributed by atoms with Gasteiger partial charge in [0.15, 0.2) is 0 Å². The predicted octanol–water partition coefficient (Wildman–Crippen LogP) is 4.12. The van der Waals surface area contributed by atoms with E-state index in [1.165, 1.54) is 12.1 Å². The van der Waals surface area contributed by atoms with Gasteiger partial charge >= 0.3 is 0 Å². The van der Waals surface area contributed by atoms with Crippen LogP contribution in [0.4, 0.5) is 5.69 Å². The van der Waals surface area contributed by atoms with Gasteiger partial charge in [-0.25, -0.2) is 8.42 Å². The molecule has 0 bridgehead atoms. The van der Waals surface area contributed by atoms with Crippen LogP contribution in [0.15, 0.2) is 77.7 Å². The van der Waals surface area contributed by atoms with E-state index in [9.17, 15) is 13.2 Å². The minimum Gasteiger partial charge on any atom is -0.494 e. The maximum absolute atomic E-state index is 12.6. The average molecular weight is 425 g/mol. The lowest BCUT2D eigenvalue weighted by Gasteiger charge is -2.13. The Kier molecular flexibility index (Phi) is 6.74. The van der Waals surface area contributed by atoms with E-state index in [1.54, 1.807) is 43.3 Å². The van der Waals surface area contributed by atoms with E-state index in [0.717, 1.165) is 16.9 Å². The Labute approximate surface area is 177 Å². The Morgan fingerprint density at radius 2 is 1.67 bits per heavy atom. The highest BCUT2D eigenvalue weighted by Gasteiger charge is 2.16. The molecule has 0 aliphatic rings. The number of ether oxygens (including phenoxy) is 1. The largest absolute Gasteiger partial charge is 0.494 e. The predicted molar refractivity (Wildman–Crippen MR) is 117 cm³/mol. The standard InChI is InChI=1S/C23H24N2O4S/c1-3-29-20-13-10-18(11-14-20)16-24-23(26)19-12-9-17(2)22(15-19)25-30(27,28)21-7-5-4-6-8-21/h4-15,25H,3,16H2,1-2H3,(H,24,26). The summed E-state index contributed by atoms with van der Waals surface area (Å²) in [6, 6.07) is 20.5. The third-order valence-corrected chi connectivity index (χ3v) is 5.87. The van der Waals surface area contributed by atoms with Gasteiger partial charge in [0, 0.05) is 12.1 Å². The number of benzene rings is 3. The van der Waals surface area contributed by atoms with Crippen LogP contribution >= 0.6 is 0 Å². The second kappa shape index (κ2) is 9.45. The third kappa shape index (κ3) is 5.39. The van der Waals surface area contributed by atoms with Gasteiger partial charge in [-0.15, -0.1) is 0 Å². The Morgan fingerprint density at radius 1 is 0.967 bits per heavy atom. The fourth-order valence-electron chi connectivity index (χ4n) is 2.83. The van der Waals surface area contributed by atoms with Crippen LogP contribution in [0, 0.1) is 6.92 Å². The fourth-order valence-corrected chi connectivity index (χ4v) is 3.97. The Hall–Kier alpha value is -3.32. The topological polar surface area (TPSA) is 84.5 Å². The third-order valence-electron chi connectivity index (χ3n) is 4.49. The van der Waals surface area contributed by atoms with Crippen molar-refractivity contribution in [2.24, 2.45) is 0 Å². The molecule has 0 unspecified atom stereocenters. The van der Waals surface area contributed by atoms with E-state index in [4.69, 9.17) is 4.74 Å². The quantitative estimate of drug-likeness (QED) is 0.570. The zero-order valence-electron chi connectivity index (χ0n) is 16.9. The van der Waals surface area contributed by atoms with Crippen LogP contribution in [0.3, 0.4) is 0 Å². The summed E-state index contributed by atoms with van der Waals surface area (Å²) >= 11 is 0. The lowest BCUT2D eigenvalue weighted by atomic mass is 10.1. The van der Waals surface area contributed by atoms with Crippen molar-refractivity contribution in [3.05, 3.63) is 89.5 Å². The number of carbonyl (C=O) groups is 1. The average Bonchev–Trinajstić information content (AvgIpc) is 2.75. The number of sulfonamides is 1. The SMILES string of the molecule is CCOc1ccc(CNC(=O)c2ccc(C)c(NS(=O)(=O)c3ccccc3)c2)cc1. The molecular formula is C23H24N2O4S. The van der Waals surface area contributed by atoms with Crippen LogP contribution in [0.1, 0.15) is 28.4 Å². The zero-order valence-corrected chi connectivity index (χ0v) is 17.7. The van der Waals surface area contributed by atoms with Gasteiger partial charge in [-0.3, -0.25) is 9.52 Å². The van der Waals surface area contributed by atoms with Gasteiger partial charge in [-0.2, -0.15) is 0 Å².